The summed E-state index contributed by atoms with van der Waals surface area (Å²) in [6.45, 7) is 0.682. The third-order valence-corrected chi connectivity index (χ3v) is 6.97. The normalized spacial score (nSPS) is 22.5. The minimum Gasteiger partial charge on any atom is -0.348 e. The Morgan fingerprint density at radius 3 is 2.32 bits per heavy atom. The number of nitriles is 1. The third kappa shape index (κ3) is 3.90. The van der Waals surface area contributed by atoms with E-state index in [9.17, 15) is 19.6 Å². The molecule has 2 fully saturated rings. The molecular weight excluding hydrogens is 477 g/mol. The zero-order valence-corrected chi connectivity index (χ0v) is 20.5. The first-order chi connectivity index (χ1) is 16.1. The number of hydrogen-bond acceptors (Lipinski definition) is 5. The van der Waals surface area contributed by atoms with Crippen molar-refractivity contribution in [1.29, 1.82) is 5.26 Å². The van der Waals surface area contributed by atoms with Crippen LogP contribution in [0.3, 0.4) is 0 Å². The number of carbonyl (C=O) groups is 3. The van der Waals surface area contributed by atoms with Crippen LogP contribution >= 0.6 is 23.2 Å². The van der Waals surface area contributed by atoms with Crippen molar-refractivity contribution in [3.63, 3.8) is 0 Å². The Morgan fingerprint density at radius 1 is 1.15 bits per heavy atom. The van der Waals surface area contributed by atoms with Crippen LogP contribution in [0, 0.1) is 11.3 Å². The van der Waals surface area contributed by atoms with Gasteiger partial charge in [-0.05, 0) is 35.9 Å². The fourth-order valence-corrected chi connectivity index (χ4v) is 5.26. The van der Waals surface area contributed by atoms with Crippen LogP contribution in [0.15, 0.2) is 42.5 Å². The smallest absolute Gasteiger partial charge is 0.332 e. The molecule has 2 atom stereocenters. The van der Waals surface area contributed by atoms with Gasteiger partial charge >= 0.3 is 6.03 Å². The topological polar surface area (TPSA) is 88.0 Å². The molecular formula is C24H23Cl2N5O3. The molecule has 0 radical (unpaired) electrons. The summed E-state index contributed by atoms with van der Waals surface area (Å²) in [6.07, 6.45) is 0. The van der Waals surface area contributed by atoms with Crippen LogP contribution in [-0.2, 0) is 9.59 Å². The molecule has 2 aromatic carbocycles. The highest BCUT2D eigenvalue weighted by molar-refractivity contribution is 6.35. The number of likely N-dealkylation sites (tertiary alicyclic amines) is 1. The zero-order chi connectivity index (χ0) is 24.8. The van der Waals surface area contributed by atoms with Gasteiger partial charge in [0.2, 0.25) is 5.91 Å². The van der Waals surface area contributed by atoms with Crippen LogP contribution in [0.25, 0.3) is 0 Å². The van der Waals surface area contributed by atoms with Crippen LogP contribution in [0.1, 0.15) is 17.0 Å². The lowest BCUT2D eigenvalue weighted by molar-refractivity contribution is -0.130. The number of urea groups is 1. The number of anilines is 1. The minimum absolute atomic E-state index is 0.103. The molecule has 2 heterocycles. The summed E-state index contributed by atoms with van der Waals surface area (Å²) >= 11 is 12.3. The number of imide groups is 1. The quantitative estimate of drug-likeness (QED) is 0.602. The fraction of sp³-hybridized carbons (Fsp3) is 0.333. The van der Waals surface area contributed by atoms with E-state index in [-0.39, 0.29) is 24.7 Å². The van der Waals surface area contributed by atoms with Gasteiger partial charge in [-0.3, -0.25) is 14.5 Å². The summed E-state index contributed by atoms with van der Waals surface area (Å²) in [7, 11) is 4.95. The van der Waals surface area contributed by atoms with Gasteiger partial charge in [-0.15, -0.1) is 0 Å². The summed E-state index contributed by atoms with van der Waals surface area (Å²) in [4.78, 5) is 45.9. The monoisotopic (exact) mass is 499 g/mol. The van der Waals surface area contributed by atoms with E-state index in [0.717, 1.165) is 10.5 Å². The lowest BCUT2D eigenvalue weighted by Crippen LogP contribution is -2.54. The second-order valence-electron chi connectivity index (χ2n) is 8.78. The molecule has 2 unspecified atom stereocenters. The van der Waals surface area contributed by atoms with Gasteiger partial charge in [0.1, 0.15) is 5.54 Å². The van der Waals surface area contributed by atoms with Crippen molar-refractivity contribution in [3.05, 3.63) is 63.6 Å². The van der Waals surface area contributed by atoms with Gasteiger partial charge in [-0.1, -0.05) is 35.3 Å². The van der Waals surface area contributed by atoms with E-state index in [2.05, 4.69) is 6.07 Å². The molecule has 1 spiro atoms. The molecule has 2 saturated heterocycles. The molecule has 4 rings (SSSR count). The van der Waals surface area contributed by atoms with Gasteiger partial charge < -0.3 is 9.80 Å². The van der Waals surface area contributed by atoms with Crippen molar-refractivity contribution in [2.45, 2.75) is 11.5 Å². The Hall–Kier alpha value is -3.12. The molecule has 0 N–H and O–H groups in total. The summed E-state index contributed by atoms with van der Waals surface area (Å²) in [5, 5.41) is 9.79. The predicted molar refractivity (Wildman–Crippen MR) is 129 cm³/mol. The molecule has 176 valence electrons. The van der Waals surface area contributed by atoms with Crippen molar-refractivity contribution in [2.75, 3.05) is 45.7 Å². The summed E-state index contributed by atoms with van der Waals surface area (Å²) in [5.74, 6) is -0.933. The molecule has 2 aliphatic heterocycles. The number of benzene rings is 2. The van der Waals surface area contributed by atoms with Crippen LogP contribution in [0.4, 0.5) is 10.5 Å². The Morgan fingerprint density at radius 2 is 1.76 bits per heavy atom. The first kappa shape index (κ1) is 24.0. The average Bonchev–Trinajstić information content (AvgIpc) is 3.25. The highest BCUT2D eigenvalue weighted by Gasteiger charge is 2.64. The van der Waals surface area contributed by atoms with Crippen molar-refractivity contribution in [2.24, 2.45) is 0 Å². The van der Waals surface area contributed by atoms with Crippen molar-refractivity contribution >= 4 is 46.7 Å². The molecule has 2 aliphatic rings. The van der Waals surface area contributed by atoms with Crippen molar-refractivity contribution < 1.29 is 14.4 Å². The molecule has 4 amide bonds. The number of nitrogens with zero attached hydrogens (tertiary/aromatic N) is 5. The number of carbonyl (C=O) groups excluding carboxylic acids is 3. The molecule has 2 aromatic rings. The van der Waals surface area contributed by atoms with E-state index in [1.165, 1.54) is 28.0 Å². The molecule has 0 aliphatic carbocycles. The standard InChI is InChI=1S/C24H23Cl2N5O3/c1-28(2)21(32)13-30-12-20(16-6-4-15(11-27)5-7-16)24(14-30)22(33)31(23(34)29(24)3)19-9-17(25)8-18(26)10-19/h4-10,20H,12-14H2,1-3H3. The van der Waals surface area contributed by atoms with E-state index in [1.807, 2.05) is 4.90 Å². The summed E-state index contributed by atoms with van der Waals surface area (Å²) < 4.78 is 0. The molecule has 0 saturated carbocycles. The number of amides is 4. The van der Waals surface area contributed by atoms with E-state index in [1.54, 1.807) is 45.4 Å². The van der Waals surface area contributed by atoms with E-state index in [4.69, 9.17) is 23.2 Å². The van der Waals surface area contributed by atoms with E-state index in [0.29, 0.717) is 22.2 Å². The SMILES string of the molecule is CN(C)C(=O)CN1CC(c2ccc(C#N)cc2)C2(C1)C(=O)N(c1cc(Cl)cc(Cl)c1)C(=O)N2C. The van der Waals surface area contributed by atoms with Crippen molar-refractivity contribution in [3.8, 4) is 6.07 Å². The lowest BCUT2D eigenvalue weighted by Gasteiger charge is -2.34. The number of rotatable bonds is 4. The minimum atomic E-state index is -1.24. The first-order valence-electron chi connectivity index (χ1n) is 10.6. The van der Waals surface area contributed by atoms with Crippen LogP contribution in [0.5, 0.6) is 0 Å². The largest absolute Gasteiger partial charge is 0.348 e. The van der Waals surface area contributed by atoms with Crippen LogP contribution < -0.4 is 4.90 Å². The maximum absolute atomic E-state index is 14.0. The molecule has 0 aromatic heterocycles. The number of hydrogen-bond donors (Lipinski definition) is 0. The van der Waals surface area contributed by atoms with Crippen molar-refractivity contribution in [1.82, 2.24) is 14.7 Å². The average molecular weight is 500 g/mol. The Balaban J connectivity index is 1.80. The van der Waals surface area contributed by atoms with Crippen LogP contribution in [0.2, 0.25) is 10.0 Å². The molecule has 8 nitrogen and oxygen atoms in total. The van der Waals surface area contributed by atoms with Gasteiger partial charge in [-0.2, -0.15) is 5.26 Å². The summed E-state index contributed by atoms with van der Waals surface area (Å²) in [5.41, 5.74) is 0.343. The molecule has 34 heavy (non-hydrogen) atoms. The lowest BCUT2D eigenvalue weighted by atomic mass is 9.80. The molecule has 0 bridgehead atoms. The highest BCUT2D eigenvalue weighted by Crippen LogP contribution is 2.46. The summed E-state index contributed by atoms with van der Waals surface area (Å²) in [6, 6.07) is 13.1. The van der Waals surface area contributed by atoms with Gasteiger partial charge in [0.15, 0.2) is 0 Å². The maximum Gasteiger partial charge on any atom is 0.332 e. The Bertz CT molecular complexity index is 1190. The van der Waals surface area contributed by atoms with E-state index >= 15 is 0 Å². The molecule has 10 heteroatoms. The Kier molecular flexibility index (Phi) is 6.30. The van der Waals surface area contributed by atoms with Gasteiger partial charge in [0, 0.05) is 50.2 Å². The number of halogens is 2. The maximum atomic E-state index is 14.0. The van der Waals surface area contributed by atoms with E-state index < -0.39 is 23.4 Å². The van der Waals surface area contributed by atoms with Gasteiger partial charge in [-0.25, -0.2) is 9.69 Å². The number of likely N-dealkylation sites (N-methyl/N-ethyl adjacent to an activating group) is 2. The second kappa shape index (κ2) is 8.91. The van der Waals surface area contributed by atoms with Gasteiger partial charge in [0.25, 0.3) is 5.91 Å². The fourth-order valence-electron chi connectivity index (χ4n) is 4.75. The van der Waals surface area contributed by atoms with Crippen LogP contribution in [-0.4, -0.2) is 78.9 Å². The Labute approximate surface area is 207 Å². The zero-order valence-electron chi connectivity index (χ0n) is 19.0. The first-order valence-corrected chi connectivity index (χ1v) is 11.3. The van der Waals surface area contributed by atoms with Gasteiger partial charge in [0.05, 0.1) is 23.9 Å². The second-order valence-corrected chi connectivity index (χ2v) is 9.65. The highest BCUT2D eigenvalue weighted by atomic mass is 35.5. The predicted octanol–water partition coefficient (Wildman–Crippen LogP) is 3.19. The third-order valence-electron chi connectivity index (χ3n) is 6.54.